The number of rotatable bonds is 5. The molecular weight excluding hydrogens is 200 g/mol. The second-order valence-electron chi connectivity index (χ2n) is 4.30. The molecule has 2 unspecified atom stereocenters. The van der Waals surface area contributed by atoms with E-state index in [1.807, 2.05) is 49.3 Å². The van der Waals surface area contributed by atoms with Crippen LogP contribution in [0.25, 0.3) is 0 Å². The second-order valence-corrected chi connectivity index (χ2v) is 4.30. The fourth-order valence-electron chi connectivity index (χ4n) is 1.89. The molecule has 0 saturated heterocycles. The third-order valence-corrected chi connectivity index (χ3v) is 2.62. The lowest BCUT2D eigenvalue weighted by Gasteiger charge is -2.35. The Morgan fingerprint density at radius 3 is 2.44 bits per heavy atom. The lowest BCUT2D eigenvalue weighted by Crippen LogP contribution is -2.57. The van der Waals surface area contributed by atoms with Crippen molar-refractivity contribution in [3.05, 3.63) is 48.6 Å². The summed E-state index contributed by atoms with van der Waals surface area (Å²) >= 11 is 0. The molecule has 0 aliphatic carbocycles. The van der Waals surface area contributed by atoms with Crippen LogP contribution in [0.4, 0.5) is 0 Å². The molecule has 2 atom stereocenters. The maximum Gasteiger partial charge on any atom is 0.136 e. The van der Waals surface area contributed by atoms with E-state index in [1.54, 1.807) is 6.08 Å². The lowest BCUT2D eigenvalue weighted by molar-refractivity contribution is -0.00882. The van der Waals surface area contributed by atoms with Gasteiger partial charge in [0.15, 0.2) is 0 Å². The molecule has 1 aromatic rings. The fourth-order valence-corrected chi connectivity index (χ4v) is 1.89. The van der Waals surface area contributed by atoms with Crippen molar-refractivity contribution in [3.63, 3.8) is 0 Å². The Labute approximate surface area is 97.2 Å². The maximum atomic E-state index is 10.3. The van der Waals surface area contributed by atoms with E-state index in [9.17, 15) is 5.11 Å². The monoisotopic (exact) mass is 220 g/mol. The van der Waals surface area contributed by atoms with Crippen molar-refractivity contribution >= 4 is 0 Å². The van der Waals surface area contributed by atoms with Crippen LogP contribution in [0.15, 0.2) is 43.0 Å². The Hall–Kier alpha value is -1.16. The molecule has 0 aromatic heterocycles. The molecule has 3 heteroatoms. The summed E-state index contributed by atoms with van der Waals surface area (Å²) in [5, 5.41) is 10.3. The van der Waals surface area contributed by atoms with Gasteiger partial charge in [0.25, 0.3) is 0 Å². The van der Waals surface area contributed by atoms with E-state index < -0.39 is 5.72 Å². The van der Waals surface area contributed by atoms with Crippen LogP contribution in [0.5, 0.6) is 0 Å². The first-order valence-electron chi connectivity index (χ1n) is 5.31. The highest BCUT2D eigenvalue weighted by Gasteiger charge is 2.32. The summed E-state index contributed by atoms with van der Waals surface area (Å²) < 4.78 is 0. The zero-order valence-corrected chi connectivity index (χ0v) is 9.93. The third-order valence-electron chi connectivity index (χ3n) is 2.62. The third kappa shape index (κ3) is 3.17. The minimum atomic E-state index is -1.30. The largest absolute Gasteiger partial charge is 0.374 e. The van der Waals surface area contributed by atoms with E-state index in [0.29, 0.717) is 6.42 Å². The predicted molar refractivity (Wildman–Crippen MR) is 67.0 cm³/mol. The quantitative estimate of drug-likeness (QED) is 0.575. The van der Waals surface area contributed by atoms with Crippen molar-refractivity contribution in [2.75, 3.05) is 14.1 Å². The molecule has 0 radical (unpaired) electrons. The highest BCUT2D eigenvalue weighted by Crippen LogP contribution is 2.16. The van der Waals surface area contributed by atoms with E-state index in [1.165, 1.54) is 0 Å². The van der Waals surface area contributed by atoms with Gasteiger partial charge in [-0.3, -0.25) is 4.90 Å². The molecule has 88 valence electrons. The summed E-state index contributed by atoms with van der Waals surface area (Å²) in [4.78, 5) is 1.86. The molecule has 0 saturated carbocycles. The maximum absolute atomic E-state index is 10.3. The topological polar surface area (TPSA) is 49.5 Å². The summed E-state index contributed by atoms with van der Waals surface area (Å²) in [6.07, 6.45) is 2.08. The van der Waals surface area contributed by atoms with Crippen molar-refractivity contribution in [3.8, 4) is 0 Å². The number of benzene rings is 1. The molecule has 0 fully saturated rings. The summed E-state index contributed by atoms with van der Waals surface area (Å²) in [6, 6.07) is 9.44. The molecule has 0 aliphatic rings. The summed E-state index contributed by atoms with van der Waals surface area (Å²) in [5.41, 5.74) is 5.66. The minimum absolute atomic E-state index is 0.271. The van der Waals surface area contributed by atoms with Gasteiger partial charge in [0.1, 0.15) is 5.72 Å². The van der Waals surface area contributed by atoms with Crippen LogP contribution in [-0.4, -0.2) is 35.9 Å². The van der Waals surface area contributed by atoms with Gasteiger partial charge >= 0.3 is 0 Å². The number of nitrogens with two attached hydrogens (primary N) is 1. The van der Waals surface area contributed by atoms with Gasteiger partial charge in [0.05, 0.1) is 6.04 Å². The first-order chi connectivity index (χ1) is 7.47. The Kier molecular flexibility index (Phi) is 4.24. The van der Waals surface area contributed by atoms with E-state index in [0.717, 1.165) is 5.56 Å². The molecule has 3 nitrogen and oxygen atoms in total. The highest BCUT2D eigenvalue weighted by atomic mass is 16.3. The van der Waals surface area contributed by atoms with Crippen molar-refractivity contribution in [2.24, 2.45) is 5.73 Å². The van der Waals surface area contributed by atoms with Crippen molar-refractivity contribution in [1.82, 2.24) is 4.90 Å². The molecule has 0 amide bonds. The lowest BCUT2D eigenvalue weighted by atomic mass is 9.95. The molecule has 0 aliphatic heterocycles. The molecule has 0 bridgehead atoms. The van der Waals surface area contributed by atoms with Crippen LogP contribution in [0.1, 0.15) is 5.56 Å². The molecule has 16 heavy (non-hydrogen) atoms. The first kappa shape index (κ1) is 12.9. The van der Waals surface area contributed by atoms with Crippen LogP contribution >= 0.6 is 0 Å². The number of aliphatic hydroxyl groups is 1. The van der Waals surface area contributed by atoms with Crippen LogP contribution in [0, 0.1) is 0 Å². The average Bonchev–Trinajstić information content (AvgIpc) is 2.18. The van der Waals surface area contributed by atoms with Crippen LogP contribution in [0.3, 0.4) is 0 Å². The van der Waals surface area contributed by atoms with Crippen LogP contribution in [0.2, 0.25) is 0 Å². The van der Waals surface area contributed by atoms with E-state index in [4.69, 9.17) is 5.73 Å². The van der Waals surface area contributed by atoms with E-state index in [2.05, 4.69) is 6.58 Å². The van der Waals surface area contributed by atoms with E-state index in [-0.39, 0.29) is 6.04 Å². The van der Waals surface area contributed by atoms with Gasteiger partial charge in [0.2, 0.25) is 0 Å². The van der Waals surface area contributed by atoms with Gasteiger partial charge in [-0.05, 0) is 19.7 Å². The fraction of sp³-hybridized carbons (Fsp3) is 0.385. The number of hydrogen-bond acceptors (Lipinski definition) is 3. The molecule has 3 N–H and O–H groups in total. The van der Waals surface area contributed by atoms with Crippen molar-refractivity contribution < 1.29 is 5.11 Å². The normalized spacial score (nSPS) is 16.8. The van der Waals surface area contributed by atoms with Gasteiger partial charge in [-0.2, -0.15) is 0 Å². The van der Waals surface area contributed by atoms with Gasteiger partial charge in [-0.25, -0.2) is 0 Å². The smallest absolute Gasteiger partial charge is 0.136 e. The Bertz CT molecular complexity index is 333. The zero-order valence-electron chi connectivity index (χ0n) is 9.93. The Balaban J connectivity index is 2.81. The SMILES string of the molecule is C=CC(N(C)C)C(N)(O)Cc1ccccc1. The van der Waals surface area contributed by atoms with Gasteiger partial charge in [-0.15, -0.1) is 6.58 Å². The molecule has 0 heterocycles. The van der Waals surface area contributed by atoms with Crippen molar-refractivity contribution in [2.45, 2.75) is 18.2 Å². The highest BCUT2D eigenvalue weighted by molar-refractivity contribution is 5.18. The molecular formula is C13H20N2O. The second kappa shape index (κ2) is 5.25. The minimum Gasteiger partial charge on any atom is -0.374 e. The Morgan fingerprint density at radius 2 is 2.00 bits per heavy atom. The summed E-state index contributed by atoms with van der Waals surface area (Å²) in [7, 11) is 3.74. The molecule has 0 spiro atoms. The summed E-state index contributed by atoms with van der Waals surface area (Å²) in [5.74, 6) is 0. The zero-order chi connectivity index (χ0) is 12.2. The van der Waals surface area contributed by atoms with Crippen LogP contribution in [-0.2, 0) is 6.42 Å². The van der Waals surface area contributed by atoms with Gasteiger partial charge in [0, 0.05) is 6.42 Å². The molecule has 1 aromatic carbocycles. The first-order valence-corrected chi connectivity index (χ1v) is 5.31. The summed E-state index contributed by atoms with van der Waals surface area (Å²) in [6.45, 7) is 3.71. The van der Waals surface area contributed by atoms with Crippen molar-refractivity contribution in [1.29, 1.82) is 0 Å². The molecule has 1 rings (SSSR count). The number of likely N-dealkylation sites (N-methyl/N-ethyl adjacent to an activating group) is 1. The number of hydrogen-bond donors (Lipinski definition) is 2. The number of nitrogens with zero attached hydrogens (tertiary/aromatic N) is 1. The van der Waals surface area contributed by atoms with Gasteiger partial charge < -0.3 is 10.8 Å². The van der Waals surface area contributed by atoms with Gasteiger partial charge in [-0.1, -0.05) is 36.4 Å². The van der Waals surface area contributed by atoms with E-state index >= 15 is 0 Å². The average molecular weight is 220 g/mol. The predicted octanol–water partition coefficient (Wildman–Crippen LogP) is 0.993. The standard InChI is InChI=1S/C13H20N2O/c1-4-12(15(2)3)13(14,16)10-11-8-6-5-7-9-11/h4-9,12,16H,1,10,14H2,2-3H3. The Morgan fingerprint density at radius 1 is 1.44 bits per heavy atom. The van der Waals surface area contributed by atoms with Crippen LogP contribution < -0.4 is 5.73 Å².